The molecule has 0 aliphatic carbocycles. The molecule has 0 amide bonds. The van der Waals surface area contributed by atoms with Gasteiger partial charge in [0, 0.05) is 30.9 Å². The molecule has 5 aromatic rings. The minimum Gasteiger partial charge on any atom is -0.507 e. The van der Waals surface area contributed by atoms with E-state index in [0.29, 0.717) is 22.8 Å². The van der Waals surface area contributed by atoms with Gasteiger partial charge in [0.1, 0.15) is 22.7 Å². The van der Waals surface area contributed by atoms with E-state index in [1.165, 1.54) is 13.0 Å². The van der Waals surface area contributed by atoms with E-state index >= 15 is 0 Å². The van der Waals surface area contributed by atoms with Gasteiger partial charge in [0.05, 0.1) is 12.0 Å². The number of aldehydes is 1. The van der Waals surface area contributed by atoms with Crippen molar-refractivity contribution in [2.75, 3.05) is 24.7 Å². The zero-order valence-electron chi connectivity index (χ0n) is 21.1. The van der Waals surface area contributed by atoms with E-state index in [0.717, 1.165) is 32.9 Å². The first-order chi connectivity index (χ1) is 18.2. The molecule has 1 aromatic heterocycles. The summed E-state index contributed by atoms with van der Waals surface area (Å²) >= 11 is 0. The fraction of sp³-hybridized carbons (Fsp3) is 0.188. The Labute approximate surface area is 232 Å². The molecule has 0 saturated heterocycles. The Morgan fingerprint density at radius 3 is 1.93 bits per heavy atom. The molecule has 5 rings (SSSR count). The molecule has 0 unspecified atom stereocenters. The molecule has 0 fully saturated rings. The van der Waals surface area contributed by atoms with Gasteiger partial charge in [0.15, 0.2) is 12.1 Å². The SMILES string of the molecule is C.C.CNc1ccc2cc(C=O)c(O)cc2c1.CNc1ccc2cc3cc(C(=O)CC(C)=O)c(=O)oc3cc2c1. The average molecular weight is 543 g/mol. The summed E-state index contributed by atoms with van der Waals surface area (Å²) in [5, 5.41) is 20.0. The normalized spacial score (nSPS) is 10.1. The van der Waals surface area contributed by atoms with Gasteiger partial charge in [0.25, 0.3) is 0 Å². The van der Waals surface area contributed by atoms with Gasteiger partial charge in [0.2, 0.25) is 0 Å². The largest absolute Gasteiger partial charge is 0.507 e. The summed E-state index contributed by atoms with van der Waals surface area (Å²) in [6.45, 7) is 1.31. The van der Waals surface area contributed by atoms with Crippen LogP contribution in [0, 0.1) is 0 Å². The monoisotopic (exact) mass is 542 g/mol. The summed E-state index contributed by atoms with van der Waals surface area (Å²) in [7, 11) is 3.66. The van der Waals surface area contributed by atoms with Crippen LogP contribution in [0.5, 0.6) is 5.75 Å². The van der Waals surface area contributed by atoms with Crippen LogP contribution >= 0.6 is 0 Å². The highest BCUT2D eigenvalue weighted by Gasteiger charge is 2.16. The van der Waals surface area contributed by atoms with Crippen molar-refractivity contribution < 1.29 is 23.9 Å². The van der Waals surface area contributed by atoms with E-state index in [2.05, 4.69) is 10.6 Å². The molecule has 4 aromatic carbocycles. The number of Topliss-reactive ketones (excluding diaryl/α,β-unsaturated/α-hetero) is 2. The lowest BCUT2D eigenvalue weighted by atomic mass is 10.0. The maximum absolute atomic E-state index is 12.0. The lowest BCUT2D eigenvalue weighted by Crippen LogP contribution is -2.15. The molecule has 40 heavy (non-hydrogen) atoms. The third kappa shape index (κ3) is 6.71. The molecule has 0 aliphatic rings. The Hall–Kier alpha value is -4.98. The van der Waals surface area contributed by atoms with Crippen LogP contribution in [0.1, 0.15) is 48.9 Å². The van der Waals surface area contributed by atoms with Gasteiger partial charge in [-0.1, -0.05) is 27.0 Å². The maximum atomic E-state index is 12.0. The molecular formula is C32H34N2O6. The van der Waals surface area contributed by atoms with Crippen LogP contribution in [-0.2, 0) is 4.79 Å². The van der Waals surface area contributed by atoms with Gasteiger partial charge >= 0.3 is 5.63 Å². The first kappa shape index (κ1) is 31.2. The lowest BCUT2D eigenvalue weighted by molar-refractivity contribution is -0.116. The standard InChI is InChI=1S/C18H15NO4.C12H11NO2.2CH4/c1-10(20)5-16(21)15-8-13-6-11-3-4-14(19-2)7-12(11)9-17(13)23-18(15)22;1-13-11-3-2-8-4-10(7-14)12(15)6-9(8)5-11;;/h3-4,6-9,19H,5H2,1-2H3;2-7,13,15H,1H3;2*1H4. The second kappa shape index (κ2) is 13.2. The van der Waals surface area contributed by atoms with Gasteiger partial charge in [-0.05, 0) is 83.1 Å². The number of nitrogens with one attached hydrogen (secondary N) is 2. The highest BCUT2D eigenvalue weighted by Crippen LogP contribution is 2.27. The number of rotatable bonds is 6. The van der Waals surface area contributed by atoms with Crippen molar-refractivity contribution in [3.63, 3.8) is 0 Å². The van der Waals surface area contributed by atoms with Crippen molar-refractivity contribution in [1.29, 1.82) is 0 Å². The zero-order chi connectivity index (χ0) is 27.4. The first-order valence-electron chi connectivity index (χ1n) is 11.8. The van der Waals surface area contributed by atoms with Gasteiger partial charge in [-0.15, -0.1) is 0 Å². The van der Waals surface area contributed by atoms with Crippen LogP contribution in [0.2, 0.25) is 0 Å². The van der Waals surface area contributed by atoms with Crippen molar-refractivity contribution in [3.8, 4) is 5.75 Å². The number of anilines is 2. The second-order valence-corrected chi connectivity index (χ2v) is 8.79. The van der Waals surface area contributed by atoms with E-state index in [-0.39, 0.29) is 38.4 Å². The number of carbonyl (C=O) groups excluding carboxylic acids is 3. The molecule has 3 N–H and O–H groups in total. The number of hydrogen-bond donors (Lipinski definition) is 3. The Bertz CT molecular complexity index is 1770. The molecule has 8 nitrogen and oxygen atoms in total. The third-order valence-electron chi connectivity index (χ3n) is 6.09. The molecule has 8 heteroatoms. The van der Waals surface area contributed by atoms with E-state index in [9.17, 15) is 24.3 Å². The van der Waals surface area contributed by atoms with Crippen LogP contribution in [0.3, 0.4) is 0 Å². The van der Waals surface area contributed by atoms with Crippen LogP contribution < -0.4 is 16.3 Å². The van der Waals surface area contributed by atoms with Crippen LogP contribution in [0.25, 0.3) is 32.5 Å². The molecule has 208 valence electrons. The van der Waals surface area contributed by atoms with E-state index in [1.807, 2.05) is 56.6 Å². The molecule has 0 radical (unpaired) electrons. The van der Waals surface area contributed by atoms with Crippen LogP contribution in [-0.4, -0.2) is 37.1 Å². The zero-order valence-corrected chi connectivity index (χ0v) is 21.1. The van der Waals surface area contributed by atoms with Crippen molar-refractivity contribution >= 4 is 61.7 Å². The van der Waals surface area contributed by atoms with Crippen molar-refractivity contribution in [2.24, 2.45) is 0 Å². The molecule has 0 atom stereocenters. The number of aromatic hydroxyl groups is 1. The maximum Gasteiger partial charge on any atom is 0.347 e. The number of hydrogen-bond acceptors (Lipinski definition) is 8. The summed E-state index contributed by atoms with van der Waals surface area (Å²) in [4.78, 5) is 45.7. The summed E-state index contributed by atoms with van der Waals surface area (Å²) < 4.78 is 5.27. The number of benzene rings is 4. The number of fused-ring (bicyclic) bond motifs is 3. The number of carbonyl (C=O) groups is 3. The number of ketones is 2. The Balaban J connectivity index is 0.000000288. The quantitative estimate of drug-likeness (QED) is 0.0701. The van der Waals surface area contributed by atoms with Crippen LogP contribution in [0.15, 0.2) is 75.9 Å². The Morgan fingerprint density at radius 1 is 0.800 bits per heavy atom. The van der Waals surface area contributed by atoms with E-state index in [1.54, 1.807) is 18.2 Å². The highest BCUT2D eigenvalue weighted by molar-refractivity contribution is 6.08. The van der Waals surface area contributed by atoms with Crippen molar-refractivity contribution in [2.45, 2.75) is 28.2 Å². The minimum atomic E-state index is -0.715. The number of phenolic OH excluding ortho intramolecular Hbond substituents is 1. The van der Waals surface area contributed by atoms with Crippen molar-refractivity contribution in [1.82, 2.24) is 0 Å². The van der Waals surface area contributed by atoms with Crippen molar-refractivity contribution in [3.05, 3.63) is 88.3 Å². The second-order valence-electron chi connectivity index (χ2n) is 8.79. The minimum absolute atomic E-state index is 0. The number of phenols is 1. The average Bonchev–Trinajstić information content (AvgIpc) is 2.90. The molecule has 0 spiro atoms. The summed E-state index contributed by atoms with van der Waals surface area (Å²) in [5.74, 6) is -0.780. The fourth-order valence-electron chi connectivity index (χ4n) is 4.09. The Morgan fingerprint density at radius 2 is 1.38 bits per heavy atom. The van der Waals surface area contributed by atoms with Gasteiger partial charge in [-0.3, -0.25) is 14.4 Å². The third-order valence-corrected chi connectivity index (χ3v) is 6.09. The molecule has 0 bridgehead atoms. The smallest absolute Gasteiger partial charge is 0.347 e. The molecule has 0 saturated carbocycles. The topological polar surface area (TPSA) is 126 Å². The van der Waals surface area contributed by atoms with E-state index in [4.69, 9.17) is 4.42 Å². The summed E-state index contributed by atoms with van der Waals surface area (Å²) in [5.41, 5.74) is 1.86. The van der Waals surface area contributed by atoms with E-state index < -0.39 is 11.4 Å². The highest BCUT2D eigenvalue weighted by atomic mass is 16.4. The van der Waals surface area contributed by atoms with Gasteiger partial charge in [-0.25, -0.2) is 4.79 Å². The van der Waals surface area contributed by atoms with Crippen LogP contribution in [0.4, 0.5) is 11.4 Å². The summed E-state index contributed by atoms with van der Waals surface area (Å²) in [6.07, 6.45) is 0.357. The summed E-state index contributed by atoms with van der Waals surface area (Å²) in [6, 6.07) is 20.0. The Kier molecular flexibility index (Phi) is 10.3. The molecular weight excluding hydrogens is 508 g/mol. The van der Waals surface area contributed by atoms with Gasteiger partial charge < -0.3 is 20.2 Å². The first-order valence-corrected chi connectivity index (χ1v) is 11.8. The predicted molar refractivity (Wildman–Crippen MR) is 163 cm³/mol. The fourth-order valence-corrected chi connectivity index (χ4v) is 4.09. The molecule has 1 heterocycles. The van der Waals surface area contributed by atoms with Gasteiger partial charge in [-0.2, -0.15) is 0 Å². The molecule has 0 aliphatic heterocycles. The lowest BCUT2D eigenvalue weighted by Gasteiger charge is -2.05. The predicted octanol–water partition coefficient (Wildman–Crippen LogP) is 6.82.